The summed E-state index contributed by atoms with van der Waals surface area (Å²) in [5, 5.41) is 31.2. The third kappa shape index (κ3) is 11.7. The molecule has 350 valence electrons. The molecule has 2 N–H and O–H groups in total. The second-order valence-corrected chi connectivity index (χ2v) is 19.9. The minimum Gasteiger partial charge on any atom is -0.459 e. The Labute approximate surface area is 366 Å². The van der Waals surface area contributed by atoms with E-state index in [-0.39, 0.29) is 35.7 Å². The fourth-order valence-corrected chi connectivity index (χ4v) is 9.72. The number of aliphatic hydroxyl groups excluding tert-OH is 1. The van der Waals surface area contributed by atoms with Gasteiger partial charge in [0, 0.05) is 69.9 Å². The first-order valence-electron chi connectivity index (χ1n) is 21.5. The number of cyclic esters (lactones) is 1. The number of carbonyl (C=O) groups excluding carboxylic acids is 3. The van der Waals surface area contributed by atoms with E-state index in [0.29, 0.717) is 37.1 Å². The number of nitrogens with zero attached hydrogens (tertiary/aromatic N) is 4. The van der Waals surface area contributed by atoms with Crippen molar-refractivity contribution in [2.45, 2.75) is 152 Å². The van der Waals surface area contributed by atoms with E-state index in [2.05, 4.69) is 15.2 Å². The smallest absolute Gasteiger partial charge is 0.316 e. The molecule has 1 aromatic heterocycles. The summed E-state index contributed by atoms with van der Waals surface area (Å²) in [5.41, 5.74) is -2.02. The van der Waals surface area contributed by atoms with Gasteiger partial charge >= 0.3 is 5.97 Å². The van der Waals surface area contributed by atoms with Crippen molar-refractivity contribution in [1.82, 2.24) is 19.9 Å². The van der Waals surface area contributed by atoms with Crippen LogP contribution in [0.15, 0.2) is 35.4 Å². The van der Waals surface area contributed by atoms with Crippen molar-refractivity contribution in [3.05, 3.63) is 41.7 Å². The van der Waals surface area contributed by atoms with Crippen LogP contribution in [0.4, 0.5) is 4.39 Å². The van der Waals surface area contributed by atoms with Crippen molar-refractivity contribution in [2.75, 3.05) is 40.7 Å². The van der Waals surface area contributed by atoms with Crippen LogP contribution in [0, 0.1) is 23.7 Å². The number of methoxy groups -OCH3 is 2. The molecule has 0 aliphatic carbocycles. The van der Waals surface area contributed by atoms with Gasteiger partial charge in [-0.1, -0.05) is 45.0 Å². The minimum absolute atomic E-state index is 0.0426. The number of halogens is 1. The highest BCUT2D eigenvalue weighted by Crippen LogP contribution is 2.38. The van der Waals surface area contributed by atoms with E-state index in [1.807, 2.05) is 14.0 Å². The van der Waals surface area contributed by atoms with E-state index in [1.54, 1.807) is 46.0 Å². The SMILES string of the molecule is CC[C@H]1OC(=O)[C@H](C)C(=O)[C@H](C)[C@@H](O[C@H]2C[C@@H](N(C)CCc3cn([C@H](CF)[C@H](OC)c4ccc(S(C)(=O)=O)cc4)nn3)C[C@@H](C)O2)[C@](C)(OC)C[C@@H](C)C(=O)[C@H](C)[C@@H](O)[C@]1(C)O. The Hall–Kier alpha value is -3.23. The number of likely N-dealkylation sites (N-methyl/N-ethyl adjacent to an activating group) is 1. The maximum atomic E-state index is 14.6. The highest BCUT2D eigenvalue weighted by Gasteiger charge is 2.51. The molecule has 0 amide bonds. The lowest BCUT2D eigenvalue weighted by molar-refractivity contribution is -0.263. The van der Waals surface area contributed by atoms with E-state index < -0.39 is 99.9 Å². The number of carbonyl (C=O) groups is 3. The molecular formula is C44H69FN4O12S. The molecule has 14 atom stereocenters. The zero-order valence-corrected chi connectivity index (χ0v) is 39.1. The van der Waals surface area contributed by atoms with Gasteiger partial charge in [0.25, 0.3) is 0 Å². The molecule has 16 nitrogen and oxygen atoms in total. The lowest BCUT2D eigenvalue weighted by atomic mass is 9.74. The van der Waals surface area contributed by atoms with Crippen LogP contribution < -0.4 is 0 Å². The van der Waals surface area contributed by atoms with Crippen molar-refractivity contribution < 1.29 is 61.1 Å². The summed E-state index contributed by atoms with van der Waals surface area (Å²) in [4.78, 5) is 43.8. The molecule has 2 saturated heterocycles. The molecule has 2 aromatic rings. The van der Waals surface area contributed by atoms with E-state index in [1.165, 1.54) is 51.8 Å². The second-order valence-electron chi connectivity index (χ2n) is 17.9. The Kier molecular flexibility index (Phi) is 17.6. The predicted octanol–water partition coefficient (Wildman–Crippen LogP) is 4.26. The molecule has 0 unspecified atom stereocenters. The van der Waals surface area contributed by atoms with E-state index in [0.717, 1.165) is 6.26 Å². The van der Waals surface area contributed by atoms with Gasteiger partial charge in [0.1, 0.15) is 42.2 Å². The van der Waals surface area contributed by atoms with Gasteiger partial charge in [-0.3, -0.25) is 14.4 Å². The van der Waals surface area contributed by atoms with Crippen LogP contribution >= 0.6 is 0 Å². The van der Waals surface area contributed by atoms with E-state index in [9.17, 15) is 37.4 Å². The van der Waals surface area contributed by atoms with Crippen molar-refractivity contribution in [3.8, 4) is 0 Å². The normalized spacial score (nSPS) is 34.4. The standard InChI is InChI=1S/C44H69FN4O12S/c1-13-35-44(8,54)40(52)27(4)37(50)25(2)22-43(7,58-11)41(28(5)38(51)29(6)42(53)60-35)61-36-21-32(20-26(3)59-36)48(9)19-18-31-24-49(47-46-31)34(23-45)39(57-10)30-14-16-33(17-15-30)62(12,55)56/h14-17,24-29,32,34-36,39-41,52,54H,13,18-23H2,1-12H3/t25-,26-,27+,28+,29-,32+,34-,35-,36+,39-,40-,41-,43-,44-/m1/s1. The van der Waals surface area contributed by atoms with Gasteiger partial charge in [0.15, 0.2) is 21.9 Å². The number of esters is 1. The van der Waals surface area contributed by atoms with Crippen LogP contribution in [0.25, 0.3) is 0 Å². The minimum atomic E-state index is -3.41. The van der Waals surface area contributed by atoms with Gasteiger partial charge < -0.3 is 38.8 Å². The number of hydrogen-bond donors (Lipinski definition) is 2. The van der Waals surface area contributed by atoms with Crippen LogP contribution in [0.3, 0.4) is 0 Å². The van der Waals surface area contributed by atoms with Gasteiger partial charge in [-0.25, -0.2) is 17.5 Å². The number of aromatic nitrogens is 3. The second kappa shape index (κ2) is 21.2. The highest BCUT2D eigenvalue weighted by atomic mass is 32.2. The molecule has 2 aliphatic rings. The quantitative estimate of drug-likeness (QED) is 0.201. The molecule has 1 aromatic carbocycles. The molecule has 3 heterocycles. The summed E-state index contributed by atoms with van der Waals surface area (Å²) in [7, 11) is 1.49. The summed E-state index contributed by atoms with van der Waals surface area (Å²) in [6.07, 6.45) is -1.00. The van der Waals surface area contributed by atoms with Gasteiger partial charge in [-0.05, 0) is 71.7 Å². The average Bonchev–Trinajstić information content (AvgIpc) is 3.71. The summed E-state index contributed by atoms with van der Waals surface area (Å²) in [6.45, 7) is 12.8. The molecule has 62 heavy (non-hydrogen) atoms. The largest absolute Gasteiger partial charge is 0.459 e. The fraction of sp³-hybridized carbons (Fsp3) is 0.750. The summed E-state index contributed by atoms with van der Waals surface area (Å²) >= 11 is 0. The molecule has 0 saturated carbocycles. The third-order valence-corrected chi connectivity index (χ3v) is 14.3. The number of ketones is 2. The molecule has 18 heteroatoms. The predicted molar refractivity (Wildman–Crippen MR) is 226 cm³/mol. The first-order valence-corrected chi connectivity index (χ1v) is 23.4. The van der Waals surface area contributed by atoms with Crippen molar-refractivity contribution in [2.24, 2.45) is 23.7 Å². The summed E-state index contributed by atoms with van der Waals surface area (Å²) < 4.78 is 70.5. The number of aliphatic hydroxyl groups is 2. The van der Waals surface area contributed by atoms with Gasteiger partial charge in [0.05, 0.1) is 34.5 Å². The Morgan fingerprint density at radius 3 is 2.24 bits per heavy atom. The Morgan fingerprint density at radius 2 is 1.68 bits per heavy atom. The summed E-state index contributed by atoms with van der Waals surface area (Å²) in [5.74, 6) is -5.61. The van der Waals surface area contributed by atoms with Crippen LogP contribution in [0.1, 0.15) is 104 Å². The fourth-order valence-electron chi connectivity index (χ4n) is 9.09. The van der Waals surface area contributed by atoms with Crippen LogP contribution in [0.5, 0.6) is 0 Å². The molecular weight excluding hydrogens is 828 g/mol. The van der Waals surface area contributed by atoms with Crippen LogP contribution in [0.2, 0.25) is 0 Å². The number of sulfone groups is 1. The highest BCUT2D eigenvalue weighted by molar-refractivity contribution is 7.90. The summed E-state index contributed by atoms with van der Waals surface area (Å²) in [6, 6.07) is 5.23. The van der Waals surface area contributed by atoms with Crippen molar-refractivity contribution >= 4 is 27.4 Å². The number of benzene rings is 1. The third-order valence-electron chi connectivity index (χ3n) is 13.1. The molecule has 2 aliphatic heterocycles. The lowest BCUT2D eigenvalue weighted by Gasteiger charge is -2.46. The van der Waals surface area contributed by atoms with Gasteiger partial charge in [0.2, 0.25) is 0 Å². The molecule has 0 bridgehead atoms. The number of alkyl halides is 1. The Balaban J connectivity index is 1.53. The van der Waals surface area contributed by atoms with Gasteiger partial charge in [-0.2, -0.15) is 0 Å². The molecule has 0 radical (unpaired) electrons. The Bertz CT molecular complexity index is 1930. The maximum Gasteiger partial charge on any atom is 0.316 e. The number of hydrogen-bond acceptors (Lipinski definition) is 15. The van der Waals surface area contributed by atoms with Crippen molar-refractivity contribution in [1.29, 1.82) is 0 Å². The maximum absolute atomic E-state index is 14.6. The first kappa shape index (κ1) is 51.4. The average molecular weight is 897 g/mol. The van der Waals surface area contributed by atoms with E-state index in [4.69, 9.17) is 23.7 Å². The van der Waals surface area contributed by atoms with E-state index >= 15 is 0 Å². The van der Waals surface area contributed by atoms with Crippen LogP contribution in [-0.4, -0.2) is 145 Å². The monoisotopic (exact) mass is 896 g/mol. The number of ether oxygens (including phenoxy) is 5. The van der Waals surface area contributed by atoms with Crippen molar-refractivity contribution in [3.63, 3.8) is 0 Å². The lowest BCUT2D eigenvalue weighted by Crippen LogP contribution is -2.58. The molecule has 0 spiro atoms. The van der Waals surface area contributed by atoms with Gasteiger partial charge in [-0.15, -0.1) is 5.10 Å². The van der Waals surface area contributed by atoms with Crippen LogP contribution in [-0.2, 0) is 54.3 Å². The topological polar surface area (TPSA) is 206 Å². The zero-order valence-electron chi connectivity index (χ0n) is 38.3. The molecule has 2 fully saturated rings. The Morgan fingerprint density at radius 1 is 1.03 bits per heavy atom. The zero-order chi connectivity index (χ0) is 46.5. The number of rotatable bonds is 14. The molecule has 4 rings (SSSR count). The number of Topliss-reactive ketones (excluding diaryl/α,β-unsaturated/α-hetero) is 2. The first-order chi connectivity index (χ1) is 28.9.